The van der Waals surface area contributed by atoms with E-state index in [0.29, 0.717) is 17.0 Å². The lowest BCUT2D eigenvalue weighted by molar-refractivity contribution is -0.146. The van der Waals surface area contributed by atoms with E-state index in [4.69, 9.17) is 13.9 Å². The molecule has 0 fully saturated rings. The molecule has 4 aromatic carbocycles. The van der Waals surface area contributed by atoms with Gasteiger partial charge in [-0.05, 0) is 28.5 Å². The Balaban J connectivity index is 1.27. The summed E-state index contributed by atoms with van der Waals surface area (Å²) in [5.74, 6) is -0.444. The Kier molecular flexibility index (Phi) is 5.40. The summed E-state index contributed by atoms with van der Waals surface area (Å²) < 4.78 is 16.6. The summed E-state index contributed by atoms with van der Waals surface area (Å²) in [6.07, 6.45) is 0.0862. The van der Waals surface area contributed by atoms with Gasteiger partial charge in [0.25, 0.3) is 5.91 Å². The number of hydrogen-bond acceptors (Lipinski definition) is 5. The minimum atomic E-state index is -0.471. The molecule has 0 unspecified atom stereocenters. The van der Waals surface area contributed by atoms with Crippen molar-refractivity contribution >= 4 is 50.3 Å². The van der Waals surface area contributed by atoms with Gasteiger partial charge in [0.1, 0.15) is 16.9 Å². The van der Waals surface area contributed by atoms with Crippen LogP contribution in [0, 0.1) is 0 Å². The summed E-state index contributed by atoms with van der Waals surface area (Å²) in [5.41, 5.74) is 2.68. The molecule has 0 atom stereocenters. The molecule has 1 amide bonds. The summed E-state index contributed by atoms with van der Waals surface area (Å²) in [6.45, 7) is -0.398. The summed E-state index contributed by atoms with van der Waals surface area (Å²) in [7, 11) is 1.53. The van der Waals surface area contributed by atoms with Gasteiger partial charge in [-0.15, -0.1) is 0 Å². The molecule has 0 saturated heterocycles. The van der Waals surface area contributed by atoms with Crippen molar-refractivity contribution in [2.24, 2.45) is 0 Å². The van der Waals surface area contributed by atoms with Gasteiger partial charge in [-0.3, -0.25) is 9.59 Å². The fourth-order valence-corrected chi connectivity index (χ4v) is 4.00. The molecule has 6 heteroatoms. The summed E-state index contributed by atoms with van der Waals surface area (Å²) in [5, 5.41) is 6.64. The second kappa shape index (κ2) is 8.67. The van der Waals surface area contributed by atoms with Crippen LogP contribution in [0.4, 0.5) is 5.69 Å². The quantitative estimate of drug-likeness (QED) is 0.355. The minimum Gasteiger partial charge on any atom is -0.495 e. The molecule has 1 aromatic heterocycles. The number of carbonyl (C=O) groups is 2. The predicted molar refractivity (Wildman–Crippen MR) is 128 cm³/mol. The van der Waals surface area contributed by atoms with Crippen molar-refractivity contribution in [2.75, 3.05) is 19.0 Å². The average Bonchev–Trinajstić information content (AvgIpc) is 3.20. The molecule has 0 saturated carbocycles. The van der Waals surface area contributed by atoms with Gasteiger partial charge in [-0.2, -0.15) is 0 Å². The normalized spacial score (nSPS) is 11.1. The van der Waals surface area contributed by atoms with E-state index in [2.05, 4.69) is 5.32 Å². The number of rotatable bonds is 6. The molecule has 0 radical (unpaired) electrons. The Hall–Kier alpha value is -4.32. The number of esters is 1. The number of nitrogens with one attached hydrogen (secondary N) is 1. The first kappa shape index (κ1) is 20.6. The smallest absolute Gasteiger partial charge is 0.310 e. The Morgan fingerprint density at radius 2 is 1.61 bits per heavy atom. The molecule has 0 aliphatic carbocycles. The molecular formula is C27H21NO5. The van der Waals surface area contributed by atoms with E-state index in [1.54, 1.807) is 6.07 Å². The molecule has 0 aliphatic heterocycles. The Bertz CT molecular complexity index is 1500. The van der Waals surface area contributed by atoms with E-state index in [-0.39, 0.29) is 6.42 Å². The van der Waals surface area contributed by atoms with E-state index in [1.807, 2.05) is 72.8 Å². The van der Waals surface area contributed by atoms with Crippen LogP contribution in [0.25, 0.3) is 32.7 Å². The largest absolute Gasteiger partial charge is 0.495 e. The van der Waals surface area contributed by atoms with Crippen molar-refractivity contribution in [3.63, 3.8) is 0 Å². The van der Waals surface area contributed by atoms with Gasteiger partial charge in [-0.1, -0.05) is 60.7 Å². The molecule has 0 bridgehead atoms. The number of fused-ring (bicyclic) bond motifs is 4. The van der Waals surface area contributed by atoms with Gasteiger partial charge in [0, 0.05) is 16.8 Å². The van der Waals surface area contributed by atoms with Gasteiger partial charge in [0.15, 0.2) is 6.61 Å². The summed E-state index contributed by atoms with van der Waals surface area (Å²) in [4.78, 5) is 24.9. The van der Waals surface area contributed by atoms with Crippen molar-refractivity contribution in [3.05, 3.63) is 84.4 Å². The molecule has 0 spiro atoms. The number of methoxy groups -OCH3 is 1. The van der Waals surface area contributed by atoms with Crippen LogP contribution < -0.4 is 10.1 Å². The highest BCUT2D eigenvalue weighted by Crippen LogP contribution is 2.36. The summed E-state index contributed by atoms with van der Waals surface area (Å²) in [6, 6.07) is 24.8. The van der Waals surface area contributed by atoms with Crippen molar-refractivity contribution in [3.8, 4) is 5.75 Å². The number of carbonyl (C=O) groups excluding carboxylic acids is 2. The van der Waals surface area contributed by atoms with Gasteiger partial charge < -0.3 is 19.2 Å². The molecule has 0 aliphatic rings. The lowest BCUT2D eigenvalue weighted by Crippen LogP contribution is -2.22. The molecule has 5 aromatic rings. The molecule has 33 heavy (non-hydrogen) atoms. The van der Waals surface area contributed by atoms with Gasteiger partial charge in [0.05, 0.1) is 19.2 Å². The molecule has 5 rings (SSSR count). The number of amides is 1. The van der Waals surface area contributed by atoms with E-state index in [9.17, 15) is 9.59 Å². The van der Waals surface area contributed by atoms with Crippen LogP contribution in [0.15, 0.2) is 83.3 Å². The third kappa shape index (κ3) is 4.11. The number of benzene rings is 4. The number of para-hydroxylation sites is 1. The van der Waals surface area contributed by atoms with Crippen LogP contribution in [-0.2, 0) is 20.7 Å². The molecule has 6 nitrogen and oxygen atoms in total. The first-order chi connectivity index (χ1) is 16.1. The van der Waals surface area contributed by atoms with Crippen molar-refractivity contribution in [2.45, 2.75) is 6.42 Å². The van der Waals surface area contributed by atoms with Crippen molar-refractivity contribution in [1.29, 1.82) is 0 Å². The van der Waals surface area contributed by atoms with Crippen LogP contribution in [0.3, 0.4) is 0 Å². The van der Waals surface area contributed by atoms with Crippen LogP contribution >= 0.6 is 0 Å². The van der Waals surface area contributed by atoms with Crippen LogP contribution in [0.2, 0.25) is 0 Å². The van der Waals surface area contributed by atoms with Crippen LogP contribution in [0.1, 0.15) is 5.56 Å². The highest BCUT2D eigenvalue weighted by molar-refractivity contribution is 6.08. The third-order valence-electron chi connectivity index (χ3n) is 5.55. The number of hydrogen-bond donors (Lipinski definition) is 1. The van der Waals surface area contributed by atoms with Crippen molar-refractivity contribution < 1.29 is 23.5 Å². The highest BCUT2D eigenvalue weighted by atomic mass is 16.5. The lowest BCUT2D eigenvalue weighted by atomic mass is 10.0. The first-order valence-electron chi connectivity index (χ1n) is 10.5. The second-order valence-corrected chi connectivity index (χ2v) is 7.67. The lowest BCUT2D eigenvalue weighted by Gasteiger charge is -2.11. The first-order valence-corrected chi connectivity index (χ1v) is 10.5. The highest BCUT2D eigenvalue weighted by Gasteiger charge is 2.15. The van der Waals surface area contributed by atoms with E-state index in [0.717, 1.165) is 32.7 Å². The Labute approximate surface area is 189 Å². The SMILES string of the molecule is COc1cc2c(cc1NC(=O)COC(=O)Cc1cccc3ccccc13)oc1ccccc12. The zero-order valence-corrected chi connectivity index (χ0v) is 18.0. The fraction of sp³-hybridized carbons (Fsp3) is 0.111. The maximum absolute atomic E-state index is 12.5. The minimum absolute atomic E-state index is 0.0862. The summed E-state index contributed by atoms with van der Waals surface area (Å²) >= 11 is 0. The number of furan rings is 1. The maximum atomic E-state index is 12.5. The zero-order valence-electron chi connectivity index (χ0n) is 18.0. The van der Waals surface area contributed by atoms with Gasteiger partial charge in [0.2, 0.25) is 0 Å². The van der Waals surface area contributed by atoms with Gasteiger partial charge >= 0.3 is 5.97 Å². The molecular weight excluding hydrogens is 418 g/mol. The van der Waals surface area contributed by atoms with Gasteiger partial charge in [-0.25, -0.2) is 0 Å². The number of anilines is 1. The standard InChI is InChI=1S/C27H21NO5/c1-31-25-14-21-20-11-4-5-12-23(20)33-24(21)15-22(25)28-26(29)16-32-27(30)13-18-9-6-8-17-7-2-3-10-19(17)18/h2-12,14-15H,13,16H2,1H3,(H,28,29). The molecule has 1 heterocycles. The third-order valence-corrected chi connectivity index (χ3v) is 5.55. The Morgan fingerprint density at radius 3 is 2.45 bits per heavy atom. The van der Waals surface area contributed by atoms with E-state index >= 15 is 0 Å². The monoisotopic (exact) mass is 439 g/mol. The maximum Gasteiger partial charge on any atom is 0.310 e. The zero-order chi connectivity index (χ0) is 22.8. The van der Waals surface area contributed by atoms with E-state index < -0.39 is 18.5 Å². The second-order valence-electron chi connectivity index (χ2n) is 7.67. The predicted octanol–water partition coefficient (Wildman–Crippen LogP) is 5.47. The molecule has 164 valence electrons. The van der Waals surface area contributed by atoms with Crippen LogP contribution in [0.5, 0.6) is 5.75 Å². The van der Waals surface area contributed by atoms with E-state index in [1.165, 1.54) is 7.11 Å². The molecule has 1 N–H and O–H groups in total. The van der Waals surface area contributed by atoms with Crippen molar-refractivity contribution in [1.82, 2.24) is 0 Å². The number of ether oxygens (including phenoxy) is 2. The topological polar surface area (TPSA) is 77.8 Å². The Morgan fingerprint density at radius 1 is 0.848 bits per heavy atom. The van der Waals surface area contributed by atoms with Crippen LogP contribution in [-0.4, -0.2) is 25.6 Å². The fourth-order valence-electron chi connectivity index (χ4n) is 4.00. The average molecular weight is 439 g/mol.